The van der Waals surface area contributed by atoms with Gasteiger partial charge < -0.3 is 5.11 Å². The minimum atomic E-state index is -0.902. The zero-order chi connectivity index (χ0) is 10.8. The summed E-state index contributed by atoms with van der Waals surface area (Å²) < 4.78 is 14.4. The fourth-order valence-electron chi connectivity index (χ4n) is 1.40. The van der Waals surface area contributed by atoms with Crippen molar-refractivity contribution in [2.45, 2.75) is 6.10 Å². The van der Waals surface area contributed by atoms with Crippen molar-refractivity contribution in [3.8, 4) is 0 Å². The number of aromatic nitrogens is 3. The van der Waals surface area contributed by atoms with Crippen molar-refractivity contribution in [3.63, 3.8) is 0 Å². The second-order valence-corrected chi connectivity index (χ2v) is 3.22. The van der Waals surface area contributed by atoms with Crippen molar-refractivity contribution in [3.05, 3.63) is 47.8 Å². The molecule has 0 bridgehead atoms. The Labute approximate surface area is 86.0 Å². The standard InChI is InChI=1S/C10H10FN3O/c1-14-9(2-3-13-14)10(15)7-4-8(11)6-12-5-7/h2-6,10,15H,1H3. The van der Waals surface area contributed by atoms with Crippen LogP contribution in [0.5, 0.6) is 0 Å². The van der Waals surface area contributed by atoms with E-state index in [1.807, 2.05) is 0 Å². The van der Waals surface area contributed by atoms with Crippen LogP contribution in [0.2, 0.25) is 0 Å². The van der Waals surface area contributed by atoms with E-state index in [1.54, 1.807) is 19.3 Å². The smallest absolute Gasteiger partial charge is 0.141 e. The van der Waals surface area contributed by atoms with Gasteiger partial charge in [-0.2, -0.15) is 5.10 Å². The molecule has 2 rings (SSSR count). The van der Waals surface area contributed by atoms with E-state index in [1.165, 1.54) is 16.9 Å². The lowest BCUT2D eigenvalue weighted by Crippen LogP contribution is -2.07. The molecule has 0 saturated heterocycles. The summed E-state index contributed by atoms with van der Waals surface area (Å²) in [4.78, 5) is 3.68. The van der Waals surface area contributed by atoms with Crippen LogP contribution in [0.15, 0.2) is 30.7 Å². The third-order valence-electron chi connectivity index (χ3n) is 2.18. The Morgan fingerprint density at radius 1 is 1.47 bits per heavy atom. The van der Waals surface area contributed by atoms with Gasteiger partial charge >= 0.3 is 0 Å². The molecule has 5 heteroatoms. The van der Waals surface area contributed by atoms with Gasteiger partial charge in [0.25, 0.3) is 0 Å². The van der Waals surface area contributed by atoms with Gasteiger partial charge in [0, 0.05) is 25.0 Å². The van der Waals surface area contributed by atoms with Crippen molar-refractivity contribution >= 4 is 0 Å². The third kappa shape index (κ3) is 1.87. The molecule has 78 valence electrons. The first-order valence-electron chi connectivity index (χ1n) is 4.45. The average molecular weight is 207 g/mol. The fourth-order valence-corrected chi connectivity index (χ4v) is 1.40. The Morgan fingerprint density at radius 2 is 2.27 bits per heavy atom. The molecular formula is C10H10FN3O. The maximum atomic E-state index is 12.9. The van der Waals surface area contributed by atoms with Crippen LogP contribution < -0.4 is 0 Å². The molecule has 15 heavy (non-hydrogen) atoms. The van der Waals surface area contributed by atoms with Crippen LogP contribution in [0.25, 0.3) is 0 Å². The summed E-state index contributed by atoms with van der Waals surface area (Å²) in [5, 5.41) is 13.8. The fraction of sp³-hybridized carbons (Fsp3) is 0.200. The molecule has 1 unspecified atom stereocenters. The summed E-state index contributed by atoms with van der Waals surface area (Å²) >= 11 is 0. The molecule has 2 aromatic heterocycles. The molecule has 0 aliphatic rings. The molecule has 1 N–H and O–H groups in total. The minimum absolute atomic E-state index is 0.415. The third-order valence-corrected chi connectivity index (χ3v) is 2.18. The Balaban J connectivity index is 2.36. The van der Waals surface area contributed by atoms with Crippen LogP contribution in [-0.4, -0.2) is 19.9 Å². The van der Waals surface area contributed by atoms with Crippen LogP contribution in [0.3, 0.4) is 0 Å². The number of aryl methyl sites for hydroxylation is 1. The summed E-state index contributed by atoms with van der Waals surface area (Å²) in [5.74, 6) is -0.464. The zero-order valence-electron chi connectivity index (χ0n) is 8.13. The van der Waals surface area contributed by atoms with Gasteiger partial charge in [-0.15, -0.1) is 0 Å². The summed E-state index contributed by atoms with van der Waals surface area (Å²) in [7, 11) is 1.71. The number of pyridine rings is 1. The molecule has 0 spiro atoms. The molecular weight excluding hydrogens is 197 g/mol. The number of rotatable bonds is 2. The Morgan fingerprint density at radius 3 is 2.87 bits per heavy atom. The van der Waals surface area contributed by atoms with Crippen LogP contribution in [-0.2, 0) is 7.05 Å². The molecule has 0 saturated carbocycles. The van der Waals surface area contributed by atoms with Gasteiger partial charge in [0.05, 0.1) is 11.9 Å². The van der Waals surface area contributed by atoms with Crippen LogP contribution in [0.1, 0.15) is 17.4 Å². The van der Waals surface area contributed by atoms with Crippen LogP contribution >= 0.6 is 0 Å². The SMILES string of the molecule is Cn1nccc1C(O)c1cncc(F)c1. The Kier molecular flexibility index (Phi) is 2.47. The highest BCUT2D eigenvalue weighted by molar-refractivity contribution is 5.22. The van der Waals surface area contributed by atoms with Crippen LogP contribution in [0, 0.1) is 5.82 Å². The minimum Gasteiger partial charge on any atom is -0.382 e. The average Bonchev–Trinajstić information content (AvgIpc) is 2.63. The van der Waals surface area contributed by atoms with Crippen LogP contribution in [0.4, 0.5) is 4.39 Å². The van der Waals surface area contributed by atoms with Crippen molar-refractivity contribution in [1.82, 2.24) is 14.8 Å². The molecule has 0 aliphatic heterocycles. The maximum absolute atomic E-state index is 12.9. The van der Waals surface area contributed by atoms with Gasteiger partial charge in [-0.05, 0) is 12.1 Å². The van der Waals surface area contributed by atoms with Crippen molar-refractivity contribution in [1.29, 1.82) is 0 Å². The molecule has 2 aromatic rings. The largest absolute Gasteiger partial charge is 0.382 e. The Hall–Kier alpha value is -1.75. The van der Waals surface area contributed by atoms with Gasteiger partial charge in [0.2, 0.25) is 0 Å². The number of nitrogens with zero attached hydrogens (tertiary/aromatic N) is 3. The van der Waals surface area contributed by atoms with E-state index in [0.717, 1.165) is 6.20 Å². The number of aliphatic hydroxyl groups is 1. The first-order valence-corrected chi connectivity index (χ1v) is 4.45. The van der Waals surface area contributed by atoms with Crippen molar-refractivity contribution in [2.24, 2.45) is 7.05 Å². The lowest BCUT2D eigenvalue weighted by Gasteiger charge is -2.10. The summed E-state index contributed by atoms with van der Waals surface area (Å²) in [5.41, 5.74) is 1.01. The van der Waals surface area contributed by atoms with E-state index >= 15 is 0 Å². The first kappa shape index (κ1) is 9.79. The monoisotopic (exact) mass is 207 g/mol. The highest BCUT2D eigenvalue weighted by atomic mass is 19.1. The lowest BCUT2D eigenvalue weighted by atomic mass is 10.1. The van der Waals surface area contributed by atoms with E-state index in [4.69, 9.17) is 0 Å². The molecule has 4 nitrogen and oxygen atoms in total. The summed E-state index contributed by atoms with van der Waals surface area (Å²) in [6.07, 6.45) is 3.20. The molecule has 0 fully saturated rings. The predicted molar refractivity (Wildman–Crippen MR) is 51.5 cm³/mol. The molecule has 0 amide bonds. The molecule has 1 atom stereocenters. The van der Waals surface area contributed by atoms with Crippen molar-refractivity contribution < 1.29 is 9.50 Å². The zero-order valence-corrected chi connectivity index (χ0v) is 8.13. The molecule has 0 radical (unpaired) electrons. The van der Waals surface area contributed by atoms with Gasteiger partial charge in [0.1, 0.15) is 11.9 Å². The van der Waals surface area contributed by atoms with Crippen molar-refractivity contribution in [2.75, 3.05) is 0 Å². The normalized spacial score (nSPS) is 12.7. The lowest BCUT2D eigenvalue weighted by molar-refractivity contribution is 0.209. The number of halogens is 1. The molecule has 2 heterocycles. The molecule has 0 aromatic carbocycles. The van der Waals surface area contributed by atoms with Gasteiger partial charge in [-0.1, -0.05) is 0 Å². The molecule has 0 aliphatic carbocycles. The second-order valence-electron chi connectivity index (χ2n) is 3.22. The van der Waals surface area contributed by atoms with E-state index in [9.17, 15) is 9.50 Å². The van der Waals surface area contributed by atoms with E-state index in [-0.39, 0.29) is 0 Å². The first-order chi connectivity index (χ1) is 7.18. The number of aliphatic hydroxyl groups excluding tert-OH is 1. The summed E-state index contributed by atoms with van der Waals surface area (Å²) in [6.45, 7) is 0. The second kappa shape index (κ2) is 3.78. The highest BCUT2D eigenvalue weighted by Crippen LogP contribution is 2.20. The quantitative estimate of drug-likeness (QED) is 0.800. The number of hydrogen-bond acceptors (Lipinski definition) is 3. The number of hydrogen-bond donors (Lipinski definition) is 1. The summed E-state index contributed by atoms with van der Waals surface area (Å²) in [6, 6.07) is 2.93. The van der Waals surface area contributed by atoms with E-state index in [2.05, 4.69) is 10.1 Å². The van der Waals surface area contributed by atoms with Gasteiger partial charge in [-0.25, -0.2) is 4.39 Å². The Bertz CT molecular complexity index is 469. The topological polar surface area (TPSA) is 50.9 Å². The van der Waals surface area contributed by atoms with E-state index < -0.39 is 11.9 Å². The highest BCUT2D eigenvalue weighted by Gasteiger charge is 2.14. The van der Waals surface area contributed by atoms with Gasteiger partial charge in [0.15, 0.2) is 0 Å². The predicted octanol–water partition coefficient (Wildman–Crippen LogP) is 1.04. The van der Waals surface area contributed by atoms with Gasteiger partial charge in [-0.3, -0.25) is 9.67 Å². The maximum Gasteiger partial charge on any atom is 0.141 e. The van der Waals surface area contributed by atoms with E-state index in [0.29, 0.717) is 11.3 Å².